The van der Waals surface area contributed by atoms with Gasteiger partial charge in [-0.1, -0.05) is 11.6 Å². The van der Waals surface area contributed by atoms with Gasteiger partial charge in [-0.3, -0.25) is 9.59 Å². The first-order valence-electron chi connectivity index (χ1n) is 9.70. The number of benzene rings is 2. The van der Waals surface area contributed by atoms with E-state index in [0.717, 1.165) is 22.5 Å². The molecule has 1 unspecified atom stereocenters. The molecule has 2 aromatic carbocycles. The lowest BCUT2D eigenvalue weighted by molar-refractivity contribution is -0.126. The van der Waals surface area contributed by atoms with Crippen LogP contribution in [0.5, 0.6) is 0 Å². The Morgan fingerprint density at radius 2 is 1.97 bits per heavy atom. The fraction of sp³-hybridized carbons (Fsp3) is 0.318. The van der Waals surface area contributed by atoms with Gasteiger partial charge in [-0.15, -0.1) is 0 Å². The number of carbonyl (C=O) groups is 2. The van der Waals surface area contributed by atoms with Gasteiger partial charge in [0.1, 0.15) is 5.82 Å². The molecule has 1 atom stereocenters. The van der Waals surface area contributed by atoms with Gasteiger partial charge in [0.05, 0.1) is 17.0 Å². The van der Waals surface area contributed by atoms with Gasteiger partial charge in [0.25, 0.3) is 0 Å². The molecule has 4 rings (SSSR count). The number of nitrogens with zero attached hydrogens (tertiary/aromatic N) is 2. The molecule has 150 valence electrons. The quantitative estimate of drug-likeness (QED) is 0.675. The molecule has 3 aromatic rings. The lowest BCUT2D eigenvalue weighted by Gasteiger charge is -2.16. The van der Waals surface area contributed by atoms with Gasteiger partial charge < -0.3 is 15.2 Å². The van der Waals surface area contributed by atoms with Crippen molar-refractivity contribution in [2.75, 3.05) is 18.0 Å². The molecule has 0 aliphatic carbocycles. The van der Waals surface area contributed by atoms with E-state index in [1.165, 1.54) is 11.1 Å². The third-order valence-corrected chi connectivity index (χ3v) is 5.69. The van der Waals surface area contributed by atoms with E-state index in [0.29, 0.717) is 24.5 Å². The number of H-pyrrole nitrogens is 1. The summed E-state index contributed by atoms with van der Waals surface area (Å²) in [5, 5.41) is 3.56. The molecule has 29 heavy (non-hydrogen) atoms. The number of aromatic amines is 1. The van der Waals surface area contributed by atoms with E-state index in [1.54, 1.807) is 29.2 Å². The molecule has 0 bridgehead atoms. The number of carbonyl (C=O) groups excluding carboxylic acids is 2. The molecular weight excluding hydrogens is 388 g/mol. The predicted octanol–water partition coefficient (Wildman–Crippen LogP) is 3.54. The number of anilines is 1. The number of hydrogen-bond donors (Lipinski definition) is 2. The molecule has 0 spiro atoms. The minimum atomic E-state index is -0.348. The molecule has 0 radical (unpaired) electrons. The molecule has 2 heterocycles. The van der Waals surface area contributed by atoms with Crippen molar-refractivity contribution in [3.8, 4) is 0 Å². The SMILES string of the molecule is Cc1cc2nc(CCNC(=O)C3CC(=O)N(c4ccc(Cl)cc4)C3)[nH]c2cc1C. The van der Waals surface area contributed by atoms with Gasteiger partial charge in [-0.2, -0.15) is 0 Å². The fourth-order valence-electron chi connectivity index (χ4n) is 3.64. The number of hydrogen-bond acceptors (Lipinski definition) is 3. The fourth-order valence-corrected chi connectivity index (χ4v) is 3.77. The van der Waals surface area contributed by atoms with E-state index in [2.05, 4.69) is 41.3 Å². The number of aryl methyl sites for hydroxylation is 2. The maximum absolute atomic E-state index is 12.5. The monoisotopic (exact) mass is 410 g/mol. The molecule has 2 amide bonds. The van der Waals surface area contributed by atoms with Crippen molar-refractivity contribution in [1.82, 2.24) is 15.3 Å². The van der Waals surface area contributed by atoms with Crippen molar-refractivity contribution < 1.29 is 9.59 Å². The number of imidazole rings is 1. The maximum atomic E-state index is 12.5. The van der Waals surface area contributed by atoms with Gasteiger partial charge in [-0.25, -0.2) is 4.98 Å². The van der Waals surface area contributed by atoms with E-state index in [9.17, 15) is 9.59 Å². The molecular formula is C22H23ClN4O2. The molecule has 1 fully saturated rings. The maximum Gasteiger partial charge on any atom is 0.227 e. The van der Waals surface area contributed by atoms with Crippen LogP contribution < -0.4 is 10.2 Å². The first-order valence-corrected chi connectivity index (χ1v) is 10.1. The van der Waals surface area contributed by atoms with Crippen LogP contribution in [0, 0.1) is 19.8 Å². The smallest absolute Gasteiger partial charge is 0.227 e. The highest BCUT2D eigenvalue weighted by atomic mass is 35.5. The van der Waals surface area contributed by atoms with E-state index in [-0.39, 0.29) is 24.2 Å². The highest BCUT2D eigenvalue weighted by molar-refractivity contribution is 6.30. The summed E-state index contributed by atoms with van der Waals surface area (Å²) in [6, 6.07) is 11.2. The Kier molecular flexibility index (Phi) is 5.28. The van der Waals surface area contributed by atoms with E-state index in [1.807, 2.05) is 0 Å². The number of amides is 2. The highest BCUT2D eigenvalue weighted by Crippen LogP contribution is 2.26. The third kappa shape index (κ3) is 4.12. The summed E-state index contributed by atoms with van der Waals surface area (Å²) in [5.74, 6) is 0.350. The van der Waals surface area contributed by atoms with Crippen molar-refractivity contribution in [2.24, 2.45) is 5.92 Å². The normalized spacial score (nSPS) is 16.6. The van der Waals surface area contributed by atoms with Crippen LogP contribution in [-0.2, 0) is 16.0 Å². The largest absolute Gasteiger partial charge is 0.355 e. The zero-order valence-electron chi connectivity index (χ0n) is 16.5. The summed E-state index contributed by atoms with van der Waals surface area (Å²) in [4.78, 5) is 34.4. The third-order valence-electron chi connectivity index (χ3n) is 5.44. The Morgan fingerprint density at radius 1 is 1.24 bits per heavy atom. The summed E-state index contributed by atoms with van der Waals surface area (Å²) in [6.07, 6.45) is 0.831. The standard InChI is InChI=1S/C22H23ClN4O2/c1-13-9-18-19(10-14(13)2)26-20(25-18)7-8-24-22(29)15-11-21(28)27(12-15)17-5-3-16(23)4-6-17/h3-6,9-10,15H,7-8,11-12H2,1-2H3,(H,24,29)(H,25,26). The van der Waals surface area contributed by atoms with Crippen LogP contribution in [0.2, 0.25) is 5.02 Å². The number of nitrogens with one attached hydrogen (secondary N) is 2. The van der Waals surface area contributed by atoms with Crippen LogP contribution in [0.15, 0.2) is 36.4 Å². The van der Waals surface area contributed by atoms with Gasteiger partial charge in [0.15, 0.2) is 0 Å². The Morgan fingerprint density at radius 3 is 2.72 bits per heavy atom. The molecule has 0 saturated carbocycles. The van der Waals surface area contributed by atoms with E-state index in [4.69, 9.17) is 11.6 Å². The minimum Gasteiger partial charge on any atom is -0.355 e. The second-order valence-electron chi connectivity index (χ2n) is 7.56. The number of fused-ring (bicyclic) bond motifs is 1. The van der Waals surface area contributed by atoms with Gasteiger partial charge in [0, 0.05) is 36.6 Å². The molecule has 7 heteroatoms. The van der Waals surface area contributed by atoms with Crippen LogP contribution in [0.4, 0.5) is 5.69 Å². The summed E-state index contributed by atoms with van der Waals surface area (Å²) < 4.78 is 0. The van der Waals surface area contributed by atoms with Crippen LogP contribution in [0.1, 0.15) is 23.4 Å². The van der Waals surface area contributed by atoms with Gasteiger partial charge >= 0.3 is 0 Å². The minimum absolute atomic E-state index is 0.0458. The molecule has 1 aromatic heterocycles. The van der Waals surface area contributed by atoms with Crippen LogP contribution in [0.25, 0.3) is 11.0 Å². The Bertz CT molecular complexity index is 1040. The predicted molar refractivity (Wildman–Crippen MR) is 114 cm³/mol. The van der Waals surface area contributed by atoms with Crippen molar-refractivity contribution >= 4 is 40.1 Å². The summed E-state index contributed by atoms with van der Waals surface area (Å²) >= 11 is 5.91. The van der Waals surface area contributed by atoms with Crippen LogP contribution in [-0.4, -0.2) is 34.9 Å². The number of halogens is 1. The second-order valence-corrected chi connectivity index (χ2v) is 8.00. The first kappa shape index (κ1) is 19.5. The topological polar surface area (TPSA) is 78.1 Å². The Balaban J connectivity index is 1.33. The van der Waals surface area contributed by atoms with E-state index >= 15 is 0 Å². The zero-order valence-corrected chi connectivity index (χ0v) is 17.2. The van der Waals surface area contributed by atoms with Crippen molar-refractivity contribution in [3.05, 3.63) is 58.4 Å². The second kappa shape index (κ2) is 7.87. The van der Waals surface area contributed by atoms with Crippen molar-refractivity contribution in [3.63, 3.8) is 0 Å². The van der Waals surface area contributed by atoms with Crippen LogP contribution >= 0.6 is 11.6 Å². The van der Waals surface area contributed by atoms with Gasteiger partial charge in [-0.05, 0) is 61.4 Å². The number of aromatic nitrogens is 2. The summed E-state index contributed by atoms with van der Waals surface area (Å²) in [5.41, 5.74) is 5.14. The Labute approximate surface area is 174 Å². The Hall–Kier alpha value is -2.86. The van der Waals surface area contributed by atoms with Crippen molar-refractivity contribution in [2.45, 2.75) is 26.7 Å². The number of rotatable bonds is 5. The average molecular weight is 411 g/mol. The van der Waals surface area contributed by atoms with Gasteiger partial charge in [0.2, 0.25) is 11.8 Å². The molecule has 1 aliphatic heterocycles. The lowest BCUT2D eigenvalue weighted by atomic mass is 10.1. The van der Waals surface area contributed by atoms with Crippen molar-refractivity contribution in [1.29, 1.82) is 0 Å². The highest BCUT2D eigenvalue weighted by Gasteiger charge is 2.34. The zero-order chi connectivity index (χ0) is 20.5. The summed E-state index contributed by atoms with van der Waals surface area (Å²) in [6.45, 7) is 5.00. The summed E-state index contributed by atoms with van der Waals surface area (Å²) in [7, 11) is 0. The average Bonchev–Trinajstić information content (AvgIpc) is 3.26. The molecule has 6 nitrogen and oxygen atoms in total. The lowest BCUT2D eigenvalue weighted by Crippen LogP contribution is -2.34. The molecule has 2 N–H and O–H groups in total. The molecule has 1 saturated heterocycles. The van der Waals surface area contributed by atoms with Crippen LogP contribution in [0.3, 0.4) is 0 Å². The molecule has 1 aliphatic rings. The van der Waals surface area contributed by atoms with E-state index < -0.39 is 0 Å². The first-order chi connectivity index (χ1) is 13.9.